The van der Waals surface area contributed by atoms with Gasteiger partial charge in [0.1, 0.15) is 17.7 Å². The average molecular weight is 303 g/mol. The number of hydrogen-bond acceptors (Lipinski definition) is 1. The molecule has 0 saturated heterocycles. The lowest BCUT2D eigenvalue weighted by atomic mass is 9.99. The first-order valence-corrected chi connectivity index (χ1v) is 6.24. The fraction of sp³-hybridized carbons (Fsp3) is 0.143. The highest BCUT2D eigenvalue weighted by atomic mass is 35.5. The van der Waals surface area contributed by atoms with Crippen LogP contribution in [-0.2, 0) is 0 Å². The number of rotatable bonds is 2. The highest BCUT2D eigenvalue weighted by Gasteiger charge is 2.19. The fourth-order valence-electron chi connectivity index (χ4n) is 1.78. The minimum atomic E-state index is -1.27. The summed E-state index contributed by atoms with van der Waals surface area (Å²) >= 11 is 11.5. The maximum Gasteiger partial charge on any atom is 0.130 e. The molecule has 19 heavy (non-hydrogen) atoms. The minimum Gasteiger partial charge on any atom is -0.383 e. The van der Waals surface area contributed by atoms with Crippen molar-refractivity contribution in [2.45, 2.75) is 13.0 Å². The van der Waals surface area contributed by atoms with Gasteiger partial charge in [-0.3, -0.25) is 0 Å². The zero-order chi connectivity index (χ0) is 14.2. The van der Waals surface area contributed by atoms with Gasteiger partial charge in [0.05, 0.1) is 0 Å². The Labute approximate surface area is 119 Å². The van der Waals surface area contributed by atoms with E-state index in [1.54, 1.807) is 6.92 Å². The van der Waals surface area contributed by atoms with Gasteiger partial charge in [-0.05, 0) is 36.8 Å². The van der Waals surface area contributed by atoms with Crippen molar-refractivity contribution in [3.05, 3.63) is 68.7 Å². The summed E-state index contributed by atoms with van der Waals surface area (Å²) in [5, 5.41) is 10.4. The Morgan fingerprint density at radius 2 is 1.68 bits per heavy atom. The summed E-state index contributed by atoms with van der Waals surface area (Å²) in [5.74, 6) is -1.12. The van der Waals surface area contributed by atoms with Crippen LogP contribution >= 0.6 is 23.2 Å². The molecule has 2 aromatic rings. The number of aryl methyl sites for hydroxylation is 1. The summed E-state index contributed by atoms with van der Waals surface area (Å²) in [6.07, 6.45) is -1.27. The van der Waals surface area contributed by atoms with E-state index in [0.717, 1.165) is 12.1 Å². The molecular weight excluding hydrogens is 293 g/mol. The molecule has 0 radical (unpaired) electrons. The van der Waals surface area contributed by atoms with Crippen LogP contribution in [0.15, 0.2) is 30.3 Å². The van der Waals surface area contributed by atoms with E-state index >= 15 is 0 Å². The van der Waals surface area contributed by atoms with E-state index < -0.39 is 17.7 Å². The second kappa shape index (κ2) is 5.45. The maximum atomic E-state index is 13.7. The lowest BCUT2D eigenvalue weighted by Crippen LogP contribution is -2.04. The molecule has 1 atom stereocenters. The number of aliphatic hydroxyl groups is 1. The van der Waals surface area contributed by atoms with Crippen molar-refractivity contribution in [1.82, 2.24) is 0 Å². The molecule has 1 unspecified atom stereocenters. The number of hydrogen-bond donors (Lipinski definition) is 1. The van der Waals surface area contributed by atoms with E-state index in [-0.39, 0.29) is 21.2 Å². The van der Waals surface area contributed by atoms with E-state index in [1.807, 2.05) is 0 Å². The van der Waals surface area contributed by atoms with Crippen molar-refractivity contribution >= 4 is 23.2 Å². The molecule has 2 aromatic carbocycles. The Morgan fingerprint density at radius 1 is 1.00 bits per heavy atom. The Morgan fingerprint density at radius 3 is 2.32 bits per heavy atom. The molecule has 0 heterocycles. The second-order valence-corrected chi connectivity index (χ2v) is 5.03. The van der Waals surface area contributed by atoms with Crippen LogP contribution in [0, 0.1) is 18.6 Å². The van der Waals surface area contributed by atoms with E-state index in [1.165, 1.54) is 18.2 Å². The molecular formula is C14H10Cl2F2O. The van der Waals surface area contributed by atoms with Crippen molar-refractivity contribution < 1.29 is 13.9 Å². The predicted molar refractivity (Wildman–Crippen MR) is 71.6 cm³/mol. The summed E-state index contributed by atoms with van der Waals surface area (Å²) in [6.45, 7) is 1.54. The molecule has 2 rings (SSSR count). The van der Waals surface area contributed by atoms with Crippen molar-refractivity contribution in [2.24, 2.45) is 0 Å². The zero-order valence-corrected chi connectivity index (χ0v) is 11.4. The monoisotopic (exact) mass is 302 g/mol. The molecule has 100 valence electrons. The van der Waals surface area contributed by atoms with Crippen LogP contribution in [0.25, 0.3) is 0 Å². The van der Waals surface area contributed by atoms with Crippen molar-refractivity contribution in [3.8, 4) is 0 Å². The molecule has 0 aliphatic carbocycles. The normalized spacial score (nSPS) is 12.5. The van der Waals surface area contributed by atoms with Crippen LogP contribution in [-0.4, -0.2) is 5.11 Å². The summed E-state index contributed by atoms with van der Waals surface area (Å²) in [6, 6.07) is 6.44. The van der Waals surface area contributed by atoms with E-state index in [9.17, 15) is 13.9 Å². The third-order valence-corrected chi connectivity index (χ3v) is 3.39. The quantitative estimate of drug-likeness (QED) is 0.855. The minimum absolute atomic E-state index is 0.0392. The molecule has 0 aliphatic heterocycles. The van der Waals surface area contributed by atoms with Gasteiger partial charge in [-0.25, -0.2) is 8.78 Å². The fourth-order valence-corrected chi connectivity index (χ4v) is 2.19. The Bertz CT molecular complexity index is 629. The number of halogens is 4. The van der Waals surface area contributed by atoms with E-state index in [0.29, 0.717) is 5.56 Å². The first-order valence-electron chi connectivity index (χ1n) is 5.48. The van der Waals surface area contributed by atoms with Gasteiger partial charge in [-0.2, -0.15) is 0 Å². The predicted octanol–water partition coefficient (Wildman–Crippen LogP) is 4.66. The SMILES string of the molecule is Cc1cc(C(O)c2ccc(Cl)cc2F)c(Cl)cc1F. The van der Waals surface area contributed by atoms with E-state index in [2.05, 4.69) is 0 Å². The molecule has 0 fully saturated rings. The summed E-state index contributed by atoms with van der Waals surface area (Å²) in [4.78, 5) is 0. The summed E-state index contributed by atoms with van der Waals surface area (Å²) in [5.41, 5.74) is 0.618. The van der Waals surface area contributed by atoms with Gasteiger partial charge in [0.25, 0.3) is 0 Å². The van der Waals surface area contributed by atoms with Crippen LogP contribution in [0.3, 0.4) is 0 Å². The van der Waals surface area contributed by atoms with Gasteiger partial charge >= 0.3 is 0 Å². The van der Waals surface area contributed by atoms with Gasteiger partial charge in [0, 0.05) is 21.2 Å². The van der Waals surface area contributed by atoms with Gasteiger partial charge in [-0.1, -0.05) is 29.3 Å². The molecule has 0 bridgehead atoms. The first-order chi connectivity index (χ1) is 8.90. The van der Waals surface area contributed by atoms with Crippen LogP contribution in [0.5, 0.6) is 0 Å². The topological polar surface area (TPSA) is 20.2 Å². The molecule has 0 amide bonds. The third-order valence-electron chi connectivity index (χ3n) is 2.83. The molecule has 1 nitrogen and oxygen atoms in total. The average Bonchev–Trinajstić information content (AvgIpc) is 2.33. The van der Waals surface area contributed by atoms with Gasteiger partial charge < -0.3 is 5.11 Å². The summed E-state index contributed by atoms with van der Waals surface area (Å²) < 4.78 is 27.0. The van der Waals surface area contributed by atoms with Gasteiger partial charge in [0.2, 0.25) is 0 Å². The molecule has 0 aromatic heterocycles. The lowest BCUT2D eigenvalue weighted by Gasteiger charge is -2.15. The van der Waals surface area contributed by atoms with Crippen LogP contribution in [0.4, 0.5) is 8.78 Å². The second-order valence-electron chi connectivity index (χ2n) is 4.19. The molecule has 0 aliphatic rings. The Balaban J connectivity index is 2.49. The smallest absolute Gasteiger partial charge is 0.130 e. The first kappa shape index (κ1) is 14.3. The zero-order valence-electron chi connectivity index (χ0n) is 9.92. The third kappa shape index (κ3) is 2.89. The van der Waals surface area contributed by atoms with Crippen LogP contribution < -0.4 is 0 Å². The molecule has 1 N–H and O–H groups in total. The highest BCUT2D eigenvalue weighted by Crippen LogP contribution is 2.32. The van der Waals surface area contributed by atoms with Crippen LogP contribution in [0.2, 0.25) is 10.0 Å². The summed E-state index contributed by atoms with van der Waals surface area (Å²) in [7, 11) is 0. The lowest BCUT2D eigenvalue weighted by molar-refractivity contribution is 0.215. The highest BCUT2D eigenvalue weighted by molar-refractivity contribution is 6.31. The molecule has 5 heteroatoms. The Kier molecular flexibility index (Phi) is 4.09. The van der Waals surface area contributed by atoms with Gasteiger partial charge in [-0.15, -0.1) is 0 Å². The maximum absolute atomic E-state index is 13.7. The molecule has 0 spiro atoms. The number of aliphatic hydroxyl groups excluding tert-OH is 1. The Hall–Kier alpha value is -1.16. The van der Waals surface area contributed by atoms with E-state index in [4.69, 9.17) is 23.2 Å². The molecule has 0 saturated carbocycles. The largest absolute Gasteiger partial charge is 0.383 e. The number of benzene rings is 2. The van der Waals surface area contributed by atoms with Crippen molar-refractivity contribution in [1.29, 1.82) is 0 Å². The van der Waals surface area contributed by atoms with Crippen LogP contribution in [0.1, 0.15) is 22.8 Å². The van der Waals surface area contributed by atoms with Gasteiger partial charge in [0.15, 0.2) is 0 Å². The van der Waals surface area contributed by atoms with Crippen molar-refractivity contribution in [2.75, 3.05) is 0 Å². The standard InChI is InChI=1S/C14H10Cl2F2O/c1-7-4-10(11(16)6-12(7)17)14(19)9-3-2-8(15)5-13(9)18/h2-6,14,19H,1H3. The van der Waals surface area contributed by atoms with Crippen molar-refractivity contribution in [3.63, 3.8) is 0 Å².